The molecule has 1 aromatic carbocycles. The fourth-order valence-electron chi connectivity index (χ4n) is 1.52. The highest BCUT2D eigenvalue weighted by molar-refractivity contribution is 5.87. The Kier molecular flexibility index (Phi) is 6.92. The van der Waals surface area contributed by atoms with E-state index >= 15 is 0 Å². The van der Waals surface area contributed by atoms with E-state index in [1.807, 2.05) is 6.92 Å². The molecule has 0 fully saturated rings. The van der Waals surface area contributed by atoms with Crippen molar-refractivity contribution in [2.24, 2.45) is 0 Å². The Labute approximate surface area is 113 Å². The fraction of sp³-hybridized carbons (Fsp3) is 0.500. The second kappa shape index (κ2) is 8.50. The highest BCUT2D eigenvalue weighted by Gasteiger charge is 2.03. The largest absolute Gasteiger partial charge is 0.492 e. The van der Waals surface area contributed by atoms with Crippen LogP contribution in [0.2, 0.25) is 0 Å². The van der Waals surface area contributed by atoms with Crippen molar-refractivity contribution in [3.8, 4) is 5.75 Å². The van der Waals surface area contributed by atoms with E-state index in [1.54, 1.807) is 12.1 Å². The average molecular weight is 267 g/mol. The van der Waals surface area contributed by atoms with Crippen LogP contribution >= 0.6 is 0 Å². The minimum absolute atomic E-state index is 0.260. The third-order valence-electron chi connectivity index (χ3n) is 2.54. The second-order valence-electron chi connectivity index (χ2n) is 4.19. The van der Waals surface area contributed by atoms with Gasteiger partial charge in [0.05, 0.1) is 12.2 Å². The van der Waals surface area contributed by atoms with Crippen LogP contribution in [-0.2, 0) is 4.74 Å². The van der Waals surface area contributed by atoms with Crippen LogP contribution in [0, 0.1) is 0 Å². The number of benzene rings is 1. The normalized spacial score (nSPS) is 12.1. The van der Waals surface area contributed by atoms with Gasteiger partial charge in [0.1, 0.15) is 12.4 Å². The molecule has 0 radical (unpaired) electrons. The zero-order chi connectivity index (χ0) is 14.1. The number of carboxylic acid groups (broad SMARTS) is 1. The van der Waals surface area contributed by atoms with Crippen molar-refractivity contribution < 1.29 is 19.4 Å². The number of hydrogen-bond donors (Lipinski definition) is 2. The third-order valence-corrected chi connectivity index (χ3v) is 2.54. The molecule has 0 saturated carbocycles. The van der Waals surface area contributed by atoms with Crippen molar-refractivity contribution >= 4 is 5.97 Å². The third kappa shape index (κ3) is 6.22. The maximum atomic E-state index is 10.7. The zero-order valence-corrected chi connectivity index (χ0v) is 11.4. The van der Waals surface area contributed by atoms with Gasteiger partial charge in [0.2, 0.25) is 0 Å². The Balaban J connectivity index is 2.20. The maximum absolute atomic E-state index is 10.7. The summed E-state index contributed by atoms with van der Waals surface area (Å²) in [5.41, 5.74) is 0.260. The molecule has 5 heteroatoms. The number of hydrogen-bond acceptors (Lipinski definition) is 4. The fourth-order valence-corrected chi connectivity index (χ4v) is 1.52. The molecule has 0 heterocycles. The first-order chi connectivity index (χ1) is 9.13. The number of aromatic carboxylic acids is 1. The van der Waals surface area contributed by atoms with Crippen LogP contribution in [0.1, 0.15) is 24.2 Å². The lowest BCUT2D eigenvalue weighted by molar-refractivity contribution is 0.0697. The molecule has 1 rings (SSSR count). The van der Waals surface area contributed by atoms with E-state index in [0.717, 1.165) is 13.2 Å². The van der Waals surface area contributed by atoms with E-state index in [9.17, 15) is 4.79 Å². The van der Waals surface area contributed by atoms with Crippen molar-refractivity contribution in [2.45, 2.75) is 19.9 Å². The average Bonchev–Trinajstić information content (AvgIpc) is 2.41. The van der Waals surface area contributed by atoms with E-state index in [2.05, 4.69) is 12.2 Å². The number of ether oxygens (including phenoxy) is 2. The van der Waals surface area contributed by atoms with E-state index in [1.165, 1.54) is 12.1 Å². The van der Waals surface area contributed by atoms with Crippen molar-refractivity contribution in [1.29, 1.82) is 0 Å². The molecule has 1 aromatic rings. The number of nitrogens with one attached hydrogen (secondary N) is 1. The predicted molar refractivity (Wildman–Crippen MR) is 72.9 cm³/mol. The van der Waals surface area contributed by atoms with Crippen LogP contribution < -0.4 is 10.1 Å². The molecule has 2 N–H and O–H groups in total. The topological polar surface area (TPSA) is 67.8 Å². The lowest BCUT2D eigenvalue weighted by Gasteiger charge is -2.14. The quantitative estimate of drug-likeness (QED) is 0.667. The highest BCUT2D eigenvalue weighted by Crippen LogP contribution is 2.11. The molecule has 0 amide bonds. The minimum Gasteiger partial charge on any atom is -0.492 e. The molecule has 19 heavy (non-hydrogen) atoms. The van der Waals surface area contributed by atoms with Crippen LogP contribution in [0.15, 0.2) is 24.3 Å². The van der Waals surface area contributed by atoms with Crippen LogP contribution in [0.25, 0.3) is 0 Å². The number of rotatable bonds is 9. The monoisotopic (exact) mass is 267 g/mol. The Hall–Kier alpha value is -1.59. The van der Waals surface area contributed by atoms with Crippen LogP contribution in [0.4, 0.5) is 0 Å². The van der Waals surface area contributed by atoms with E-state index in [-0.39, 0.29) is 11.6 Å². The molecule has 0 saturated heterocycles. The molecular weight excluding hydrogens is 246 g/mol. The SMILES string of the molecule is CCOCC(C)NCCOc1ccc(C(=O)O)cc1. The van der Waals surface area contributed by atoms with Crippen molar-refractivity contribution in [3.05, 3.63) is 29.8 Å². The van der Waals surface area contributed by atoms with Crippen LogP contribution in [-0.4, -0.2) is 43.5 Å². The van der Waals surface area contributed by atoms with Gasteiger partial charge in [0.15, 0.2) is 0 Å². The molecule has 0 bridgehead atoms. The van der Waals surface area contributed by atoms with Crippen LogP contribution in [0.5, 0.6) is 5.75 Å². The predicted octanol–water partition coefficient (Wildman–Crippen LogP) is 1.78. The summed E-state index contributed by atoms with van der Waals surface area (Å²) in [7, 11) is 0. The van der Waals surface area contributed by atoms with Gasteiger partial charge in [-0.2, -0.15) is 0 Å². The number of carboxylic acids is 1. The lowest BCUT2D eigenvalue weighted by atomic mass is 10.2. The lowest BCUT2D eigenvalue weighted by Crippen LogP contribution is -2.33. The summed E-state index contributed by atoms with van der Waals surface area (Å²) in [6, 6.07) is 6.67. The molecule has 106 valence electrons. The molecule has 0 aliphatic heterocycles. The Morgan fingerprint density at radius 3 is 2.63 bits per heavy atom. The van der Waals surface area contributed by atoms with E-state index in [0.29, 0.717) is 19.0 Å². The summed E-state index contributed by atoms with van der Waals surface area (Å²) in [6.07, 6.45) is 0. The molecular formula is C14H21NO4. The summed E-state index contributed by atoms with van der Waals surface area (Å²) in [5.74, 6) is -0.262. The standard InChI is InChI=1S/C14H21NO4/c1-3-18-10-11(2)15-8-9-19-13-6-4-12(5-7-13)14(16)17/h4-7,11,15H,3,8-10H2,1-2H3,(H,16,17). The Bertz CT molecular complexity index is 378. The van der Waals surface area contributed by atoms with E-state index < -0.39 is 5.97 Å². The molecule has 5 nitrogen and oxygen atoms in total. The van der Waals surface area contributed by atoms with Gasteiger partial charge in [-0.25, -0.2) is 4.79 Å². The van der Waals surface area contributed by atoms with Gasteiger partial charge in [-0.05, 0) is 38.1 Å². The first-order valence-electron chi connectivity index (χ1n) is 6.40. The van der Waals surface area contributed by atoms with Gasteiger partial charge in [-0.3, -0.25) is 0 Å². The maximum Gasteiger partial charge on any atom is 0.335 e. The zero-order valence-electron chi connectivity index (χ0n) is 11.4. The molecule has 0 aromatic heterocycles. The molecule has 1 unspecified atom stereocenters. The summed E-state index contributed by atoms with van der Waals surface area (Å²) >= 11 is 0. The summed E-state index contributed by atoms with van der Waals surface area (Å²) in [6.45, 7) is 6.67. The minimum atomic E-state index is -0.932. The smallest absolute Gasteiger partial charge is 0.335 e. The van der Waals surface area contributed by atoms with Crippen molar-refractivity contribution in [3.63, 3.8) is 0 Å². The summed E-state index contributed by atoms with van der Waals surface area (Å²) in [5, 5.41) is 12.0. The van der Waals surface area contributed by atoms with E-state index in [4.69, 9.17) is 14.6 Å². The van der Waals surface area contributed by atoms with Gasteiger partial charge >= 0.3 is 5.97 Å². The van der Waals surface area contributed by atoms with Gasteiger partial charge in [0, 0.05) is 19.2 Å². The summed E-state index contributed by atoms with van der Waals surface area (Å²) in [4.78, 5) is 10.7. The first-order valence-corrected chi connectivity index (χ1v) is 6.40. The highest BCUT2D eigenvalue weighted by atomic mass is 16.5. The number of carbonyl (C=O) groups is 1. The molecule has 0 aliphatic rings. The van der Waals surface area contributed by atoms with Crippen molar-refractivity contribution in [1.82, 2.24) is 5.32 Å². The second-order valence-corrected chi connectivity index (χ2v) is 4.19. The van der Waals surface area contributed by atoms with Gasteiger partial charge in [-0.15, -0.1) is 0 Å². The van der Waals surface area contributed by atoms with Gasteiger partial charge in [-0.1, -0.05) is 0 Å². The molecule has 0 spiro atoms. The van der Waals surface area contributed by atoms with Gasteiger partial charge < -0.3 is 19.9 Å². The molecule has 0 aliphatic carbocycles. The van der Waals surface area contributed by atoms with Gasteiger partial charge in [0.25, 0.3) is 0 Å². The van der Waals surface area contributed by atoms with Crippen molar-refractivity contribution in [2.75, 3.05) is 26.4 Å². The molecule has 1 atom stereocenters. The van der Waals surface area contributed by atoms with Crippen LogP contribution in [0.3, 0.4) is 0 Å². The summed E-state index contributed by atoms with van der Waals surface area (Å²) < 4.78 is 10.8. The Morgan fingerprint density at radius 1 is 1.37 bits per heavy atom. The first kappa shape index (κ1) is 15.5. The Morgan fingerprint density at radius 2 is 2.05 bits per heavy atom.